The highest BCUT2D eigenvalue weighted by Crippen LogP contribution is 2.22. The van der Waals surface area contributed by atoms with Crippen molar-refractivity contribution in [3.05, 3.63) is 6.33 Å². The molecule has 0 aliphatic rings. The minimum atomic E-state index is -3.91. The summed E-state index contributed by atoms with van der Waals surface area (Å²) in [5, 5.41) is -0.141. The number of aryl methyl sites for hydroxylation is 1. The van der Waals surface area contributed by atoms with Gasteiger partial charge in [0.15, 0.2) is 10.8 Å². The van der Waals surface area contributed by atoms with Gasteiger partial charge in [-0.15, -0.1) is 0 Å². The van der Waals surface area contributed by atoms with Crippen LogP contribution in [0.2, 0.25) is 0 Å². The quantitative estimate of drug-likeness (QED) is 0.704. The lowest BCUT2D eigenvalue weighted by molar-refractivity contribution is -0.118. The lowest BCUT2D eigenvalue weighted by Gasteiger charge is -2.24. The predicted octanol–water partition coefficient (Wildman–Crippen LogP) is -1.11. The molecule has 0 fully saturated rings. The molecule has 1 heterocycles. The first-order chi connectivity index (χ1) is 8.17. The Bertz CT molecular complexity index is 529. The molecule has 0 atom stereocenters. The Hall–Kier alpha value is -1.61. The summed E-state index contributed by atoms with van der Waals surface area (Å²) in [4.78, 5) is 14.7. The number of aromatic nitrogens is 2. The van der Waals surface area contributed by atoms with E-state index in [1.54, 1.807) is 13.8 Å². The molecule has 1 aromatic heterocycles. The Morgan fingerprint density at radius 2 is 2.11 bits per heavy atom. The van der Waals surface area contributed by atoms with Crippen molar-refractivity contribution >= 4 is 21.7 Å². The van der Waals surface area contributed by atoms with Gasteiger partial charge in [-0.05, 0) is 13.8 Å². The van der Waals surface area contributed by atoms with Crippen molar-refractivity contribution in [1.82, 2.24) is 13.9 Å². The van der Waals surface area contributed by atoms with Crippen molar-refractivity contribution in [1.29, 1.82) is 0 Å². The number of sulfonamides is 1. The molecule has 0 aliphatic carbocycles. The summed E-state index contributed by atoms with van der Waals surface area (Å²) in [7, 11) is -2.39. The lowest BCUT2D eigenvalue weighted by Crippen LogP contribution is -2.43. The second-order valence-electron chi connectivity index (χ2n) is 4.16. The number of hydrogen-bond donors (Lipinski definition) is 2. The van der Waals surface area contributed by atoms with Crippen LogP contribution < -0.4 is 11.5 Å². The SMILES string of the molecule is CC(C)N(CC(N)=O)S(=O)(=O)c1c(N)ncn1C. The van der Waals surface area contributed by atoms with E-state index in [-0.39, 0.29) is 10.8 Å². The number of anilines is 1. The van der Waals surface area contributed by atoms with Gasteiger partial charge in [0.05, 0.1) is 12.9 Å². The van der Waals surface area contributed by atoms with E-state index in [9.17, 15) is 13.2 Å². The molecule has 8 nitrogen and oxygen atoms in total. The number of carbonyl (C=O) groups excluding carboxylic acids is 1. The summed E-state index contributed by atoms with van der Waals surface area (Å²) in [6.07, 6.45) is 1.30. The maximum atomic E-state index is 12.4. The first kappa shape index (κ1) is 14.5. The van der Waals surface area contributed by atoms with Crippen LogP contribution in [-0.2, 0) is 21.9 Å². The van der Waals surface area contributed by atoms with Crippen molar-refractivity contribution in [2.24, 2.45) is 12.8 Å². The highest BCUT2D eigenvalue weighted by molar-refractivity contribution is 7.89. The summed E-state index contributed by atoms with van der Waals surface area (Å²) in [6.45, 7) is 2.89. The molecule has 4 N–H and O–H groups in total. The maximum absolute atomic E-state index is 12.4. The van der Waals surface area contributed by atoms with Crippen molar-refractivity contribution in [3.63, 3.8) is 0 Å². The Morgan fingerprint density at radius 3 is 2.44 bits per heavy atom. The van der Waals surface area contributed by atoms with Crippen molar-refractivity contribution < 1.29 is 13.2 Å². The summed E-state index contributed by atoms with van der Waals surface area (Å²) in [5.41, 5.74) is 10.6. The topological polar surface area (TPSA) is 124 Å². The maximum Gasteiger partial charge on any atom is 0.263 e. The molecule has 102 valence electrons. The van der Waals surface area contributed by atoms with Gasteiger partial charge in [0.25, 0.3) is 10.0 Å². The van der Waals surface area contributed by atoms with E-state index in [0.717, 1.165) is 4.31 Å². The summed E-state index contributed by atoms with van der Waals surface area (Å²) >= 11 is 0. The molecule has 0 radical (unpaired) electrons. The van der Waals surface area contributed by atoms with Gasteiger partial charge in [-0.25, -0.2) is 13.4 Å². The van der Waals surface area contributed by atoms with Crippen LogP contribution in [0.1, 0.15) is 13.8 Å². The van der Waals surface area contributed by atoms with E-state index >= 15 is 0 Å². The normalized spacial score (nSPS) is 12.3. The fourth-order valence-corrected chi connectivity index (χ4v) is 3.36. The van der Waals surface area contributed by atoms with E-state index in [0.29, 0.717) is 0 Å². The van der Waals surface area contributed by atoms with Crippen molar-refractivity contribution in [2.45, 2.75) is 24.9 Å². The van der Waals surface area contributed by atoms with Crippen LogP contribution in [0.5, 0.6) is 0 Å². The molecule has 1 rings (SSSR count). The minimum Gasteiger partial charge on any atom is -0.381 e. The summed E-state index contributed by atoms with van der Waals surface area (Å²) in [6, 6.07) is -0.420. The first-order valence-corrected chi connectivity index (χ1v) is 6.69. The zero-order chi connectivity index (χ0) is 14.1. The standard InChI is InChI=1S/C9H17N5O3S/c1-6(2)14(4-7(10)15)18(16,17)9-8(11)12-5-13(9)3/h5-6H,4,11H2,1-3H3,(H2,10,15). The molecule has 1 aromatic rings. The molecule has 0 saturated heterocycles. The summed E-state index contributed by atoms with van der Waals surface area (Å²) in [5.74, 6) is -0.833. The molecule has 1 amide bonds. The first-order valence-electron chi connectivity index (χ1n) is 5.25. The van der Waals surface area contributed by atoms with Gasteiger partial charge in [0.2, 0.25) is 5.91 Å². The van der Waals surface area contributed by atoms with Crippen LogP contribution in [-0.4, -0.2) is 40.8 Å². The third-order valence-corrected chi connectivity index (χ3v) is 4.50. The van der Waals surface area contributed by atoms with Gasteiger partial charge < -0.3 is 16.0 Å². The highest BCUT2D eigenvalue weighted by atomic mass is 32.2. The highest BCUT2D eigenvalue weighted by Gasteiger charge is 2.32. The van der Waals surface area contributed by atoms with Crippen LogP contribution in [0.15, 0.2) is 11.4 Å². The lowest BCUT2D eigenvalue weighted by atomic mass is 10.4. The Morgan fingerprint density at radius 1 is 1.56 bits per heavy atom. The monoisotopic (exact) mass is 275 g/mol. The van der Waals surface area contributed by atoms with Gasteiger partial charge in [-0.1, -0.05) is 0 Å². The fourth-order valence-electron chi connectivity index (χ4n) is 1.56. The third kappa shape index (κ3) is 2.62. The molecular weight excluding hydrogens is 258 g/mol. The van der Waals surface area contributed by atoms with E-state index in [4.69, 9.17) is 11.5 Å². The number of nitrogens with two attached hydrogens (primary N) is 2. The Balaban J connectivity index is 3.30. The number of primary amides is 1. The second-order valence-corrected chi connectivity index (χ2v) is 5.96. The zero-order valence-electron chi connectivity index (χ0n) is 10.5. The number of amides is 1. The predicted molar refractivity (Wildman–Crippen MR) is 65.8 cm³/mol. The van der Waals surface area contributed by atoms with Crippen LogP contribution in [0, 0.1) is 0 Å². The van der Waals surface area contributed by atoms with E-state index in [1.807, 2.05) is 0 Å². The van der Waals surface area contributed by atoms with Gasteiger partial charge in [-0.3, -0.25) is 4.79 Å². The van der Waals surface area contributed by atoms with Crippen LogP contribution in [0.3, 0.4) is 0 Å². The number of nitrogen functional groups attached to an aromatic ring is 1. The molecule has 0 aliphatic heterocycles. The molecule has 0 aromatic carbocycles. The smallest absolute Gasteiger partial charge is 0.263 e. The van der Waals surface area contributed by atoms with Crippen LogP contribution >= 0.6 is 0 Å². The van der Waals surface area contributed by atoms with Crippen LogP contribution in [0.25, 0.3) is 0 Å². The van der Waals surface area contributed by atoms with E-state index in [1.165, 1.54) is 17.9 Å². The van der Waals surface area contributed by atoms with Crippen molar-refractivity contribution in [3.8, 4) is 0 Å². The molecule has 9 heteroatoms. The van der Waals surface area contributed by atoms with Gasteiger partial charge >= 0.3 is 0 Å². The van der Waals surface area contributed by atoms with Gasteiger partial charge in [-0.2, -0.15) is 4.31 Å². The third-order valence-electron chi connectivity index (χ3n) is 2.35. The summed E-state index contributed by atoms with van der Waals surface area (Å²) < 4.78 is 27.1. The van der Waals surface area contributed by atoms with Gasteiger partial charge in [0.1, 0.15) is 0 Å². The van der Waals surface area contributed by atoms with Gasteiger partial charge in [0, 0.05) is 13.1 Å². The average Bonchev–Trinajstić information content (AvgIpc) is 2.54. The largest absolute Gasteiger partial charge is 0.381 e. The zero-order valence-corrected chi connectivity index (χ0v) is 11.3. The number of nitrogens with zero attached hydrogens (tertiary/aromatic N) is 3. The van der Waals surface area contributed by atoms with E-state index < -0.39 is 28.5 Å². The Kier molecular flexibility index (Phi) is 3.97. The van der Waals surface area contributed by atoms with E-state index in [2.05, 4.69) is 4.98 Å². The minimum absolute atomic E-state index is 0.104. The molecule has 0 unspecified atom stereocenters. The Labute approximate surface area is 106 Å². The average molecular weight is 275 g/mol. The molecular formula is C9H17N5O3S. The van der Waals surface area contributed by atoms with Crippen LogP contribution in [0.4, 0.5) is 5.82 Å². The second kappa shape index (κ2) is 4.94. The molecule has 0 spiro atoms. The number of rotatable bonds is 5. The number of carbonyl (C=O) groups is 1. The van der Waals surface area contributed by atoms with Crippen molar-refractivity contribution in [2.75, 3.05) is 12.3 Å². The number of hydrogen-bond acceptors (Lipinski definition) is 5. The molecule has 0 bridgehead atoms. The number of imidazole rings is 1. The molecule has 0 saturated carbocycles. The fraction of sp³-hybridized carbons (Fsp3) is 0.556. The molecule has 18 heavy (non-hydrogen) atoms.